The van der Waals surface area contributed by atoms with E-state index in [1.54, 1.807) is 0 Å². The van der Waals surface area contributed by atoms with Gasteiger partial charge in [-0.15, -0.1) is 0 Å². The van der Waals surface area contributed by atoms with Gasteiger partial charge in [-0.05, 0) is 39.7 Å². The number of hydrogen-bond acceptors (Lipinski definition) is 4. The summed E-state index contributed by atoms with van der Waals surface area (Å²) < 4.78 is 7.58. The second-order valence-electron chi connectivity index (χ2n) is 6.90. The Morgan fingerprint density at radius 3 is 2.88 bits per heavy atom. The fraction of sp³-hybridized carbons (Fsp3) is 0.684. The second-order valence-corrected chi connectivity index (χ2v) is 6.90. The number of likely N-dealkylation sites (tertiary alicyclic amines) is 1. The van der Waals surface area contributed by atoms with Crippen molar-refractivity contribution < 1.29 is 4.52 Å². The quantitative estimate of drug-likeness (QED) is 0.793. The summed E-state index contributed by atoms with van der Waals surface area (Å²) in [6.07, 6.45) is 9.27. The minimum Gasteiger partial charge on any atom is -0.361 e. The van der Waals surface area contributed by atoms with Crippen molar-refractivity contribution in [2.24, 2.45) is 0 Å². The third-order valence-corrected chi connectivity index (χ3v) is 5.02. The fourth-order valence-corrected chi connectivity index (χ4v) is 3.64. The van der Waals surface area contributed by atoms with Crippen LogP contribution in [0.15, 0.2) is 16.8 Å². The monoisotopic (exact) mass is 330 g/mol. The molecule has 1 atom stereocenters. The summed E-state index contributed by atoms with van der Waals surface area (Å²) in [5, 5.41) is 9.00. The summed E-state index contributed by atoms with van der Waals surface area (Å²) in [6, 6.07) is 2.54. The highest BCUT2D eigenvalue weighted by Crippen LogP contribution is 2.31. The summed E-state index contributed by atoms with van der Waals surface area (Å²) in [5.41, 5.74) is 3.59. The average molecular weight is 330 g/mol. The van der Waals surface area contributed by atoms with E-state index < -0.39 is 0 Å². The van der Waals surface area contributed by atoms with Crippen molar-refractivity contribution in [1.82, 2.24) is 19.8 Å². The molecule has 1 saturated heterocycles. The Kier molecular flexibility index (Phi) is 5.72. The number of rotatable bonds is 6. The van der Waals surface area contributed by atoms with Crippen LogP contribution >= 0.6 is 0 Å². The fourth-order valence-electron chi connectivity index (χ4n) is 3.64. The van der Waals surface area contributed by atoms with Gasteiger partial charge in [0.1, 0.15) is 11.5 Å². The van der Waals surface area contributed by atoms with E-state index in [4.69, 9.17) is 4.52 Å². The molecule has 0 bridgehead atoms. The van der Waals surface area contributed by atoms with Crippen molar-refractivity contribution in [3.05, 3.63) is 35.0 Å². The molecule has 132 valence electrons. The van der Waals surface area contributed by atoms with Crippen LogP contribution in [0.1, 0.15) is 74.7 Å². The van der Waals surface area contributed by atoms with Crippen molar-refractivity contribution in [2.45, 2.75) is 78.4 Å². The second kappa shape index (κ2) is 7.97. The molecule has 0 aliphatic carbocycles. The van der Waals surface area contributed by atoms with E-state index in [9.17, 15) is 0 Å². The summed E-state index contributed by atoms with van der Waals surface area (Å²) in [7, 11) is 0. The smallest absolute Gasteiger partial charge is 0.137 e. The van der Waals surface area contributed by atoms with E-state index in [2.05, 4.69) is 48.2 Å². The molecule has 2 aromatic rings. The standard InChI is InChI=1S/C19H30N4O/c1-4-9-17-12-18(21-24-17)19-10-7-6-8-11-22(19)13-16-14-23(5-2)20-15(16)3/h12,14,19H,4-11,13H2,1-3H3. The van der Waals surface area contributed by atoms with Gasteiger partial charge in [0.15, 0.2) is 0 Å². The molecular formula is C19H30N4O. The average Bonchev–Trinajstić information content (AvgIpc) is 3.10. The van der Waals surface area contributed by atoms with Crippen molar-refractivity contribution in [1.29, 1.82) is 0 Å². The lowest BCUT2D eigenvalue weighted by atomic mass is 10.1. The van der Waals surface area contributed by atoms with Crippen LogP contribution in [0.5, 0.6) is 0 Å². The number of hydrogen-bond donors (Lipinski definition) is 0. The highest BCUT2D eigenvalue weighted by Gasteiger charge is 2.26. The summed E-state index contributed by atoms with van der Waals surface area (Å²) in [4.78, 5) is 2.57. The molecule has 0 spiro atoms. The number of nitrogens with zero attached hydrogens (tertiary/aromatic N) is 4. The van der Waals surface area contributed by atoms with Gasteiger partial charge in [-0.25, -0.2) is 0 Å². The minimum absolute atomic E-state index is 0.367. The molecule has 2 aromatic heterocycles. The molecule has 0 N–H and O–H groups in total. The van der Waals surface area contributed by atoms with Crippen LogP contribution in [0.25, 0.3) is 0 Å². The molecule has 0 radical (unpaired) electrons. The zero-order valence-electron chi connectivity index (χ0n) is 15.3. The zero-order chi connectivity index (χ0) is 16.9. The van der Waals surface area contributed by atoms with Crippen molar-refractivity contribution >= 4 is 0 Å². The highest BCUT2D eigenvalue weighted by molar-refractivity contribution is 5.17. The van der Waals surface area contributed by atoms with Gasteiger partial charge in [0.2, 0.25) is 0 Å². The summed E-state index contributed by atoms with van der Waals surface area (Å²) in [5.74, 6) is 1.02. The zero-order valence-corrected chi connectivity index (χ0v) is 15.3. The maximum atomic E-state index is 5.55. The van der Waals surface area contributed by atoms with E-state index in [1.807, 2.05) is 4.68 Å². The van der Waals surface area contributed by atoms with Gasteiger partial charge < -0.3 is 4.52 Å². The topological polar surface area (TPSA) is 47.1 Å². The van der Waals surface area contributed by atoms with Crippen LogP contribution in [0.2, 0.25) is 0 Å². The molecule has 0 saturated carbocycles. The molecular weight excluding hydrogens is 300 g/mol. The lowest BCUT2D eigenvalue weighted by Gasteiger charge is -2.28. The lowest BCUT2D eigenvalue weighted by molar-refractivity contribution is 0.183. The SMILES string of the molecule is CCCc1cc(C2CCCCCN2Cc2cn(CC)nc2C)no1. The van der Waals surface area contributed by atoms with Crippen molar-refractivity contribution in [3.63, 3.8) is 0 Å². The van der Waals surface area contributed by atoms with E-state index in [0.717, 1.165) is 49.6 Å². The molecule has 1 unspecified atom stereocenters. The largest absolute Gasteiger partial charge is 0.361 e. The summed E-state index contributed by atoms with van der Waals surface area (Å²) >= 11 is 0. The molecule has 1 aliphatic heterocycles. The molecule has 5 heteroatoms. The molecule has 24 heavy (non-hydrogen) atoms. The minimum atomic E-state index is 0.367. The van der Waals surface area contributed by atoms with Gasteiger partial charge >= 0.3 is 0 Å². The van der Waals surface area contributed by atoms with Crippen molar-refractivity contribution in [2.75, 3.05) is 6.54 Å². The van der Waals surface area contributed by atoms with Gasteiger partial charge in [0.05, 0.1) is 11.7 Å². The van der Waals surface area contributed by atoms with Crippen LogP contribution in [0.3, 0.4) is 0 Å². The molecule has 1 fully saturated rings. The first-order chi connectivity index (χ1) is 11.7. The third kappa shape index (κ3) is 3.89. The first-order valence-corrected chi connectivity index (χ1v) is 9.43. The van der Waals surface area contributed by atoms with Gasteiger partial charge in [0, 0.05) is 37.3 Å². The Balaban J connectivity index is 1.79. The molecule has 0 amide bonds. The van der Waals surface area contributed by atoms with Crippen LogP contribution in [-0.2, 0) is 19.5 Å². The lowest BCUT2D eigenvalue weighted by Crippen LogP contribution is -2.28. The van der Waals surface area contributed by atoms with Gasteiger partial charge in [-0.3, -0.25) is 9.58 Å². The third-order valence-electron chi connectivity index (χ3n) is 5.02. The van der Waals surface area contributed by atoms with E-state index in [-0.39, 0.29) is 0 Å². The predicted octanol–water partition coefficient (Wildman–Crippen LogP) is 4.27. The number of aryl methyl sites for hydroxylation is 3. The van der Waals surface area contributed by atoms with Gasteiger partial charge in [-0.1, -0.05) is 24.9 Å². The van der Waals surface area contributed by atoms with Crippen molar-refractivity contribution in [3.8, 4) is 0 Å². The van der Waals surface area contributed by atoms with E-state index >= 15 is 0 Å². The Bertz CT molecular complexity index is 646. The van der Waals surface area contributed by atoms with Gasteiger partial charge in [-0.2, -0.15) is 5.10 Å². The Morgan fingerprint density at radius 2 is 2.12 bits per heavy atom. The maximum absolute atomic E-state index is 5.55. The Hall–Kier alpha value is -1.62. The van der Waals surface area contributed by atoms with Gasteiger partial charge in [0.25, 0.3) is 0 Å². The molecule has 1 aliphatic rings. The highest BCUT2D eigenvalue weighted by atomic mass is 16.5. The molecule has 5 nitrogen and oxygen atoms in total. The molecule has 3 rings (SSSR count). The first kappa shape index (κ1) is 17.2. The van der Waals surface area contributed by atoms with Crippen LogP contribution in [0, 0.1) is 6.92 Å². The van der Waals surface area contributed by atoms with Crippen LogP contribution in [-0.4, -0.2) is 26.4 Å². The first-order valence-electron chi connectivity index (χ1n) is 9.43. The van der Waals surface area contributed by atoms with Crippen LogP contribution in [0.4, 0.5) is 0 Å². The predicted molar refractivity (Wildman–Crippen MR) is 94.8 cm³/mol. The van der Waals surface area contributed by atoms with Crippen LogP contribution < -0.4 is 0 Å². The Labute approximate surface area is 145 Å². The summed E-state index contributed by atoms with van der Waals surface area (Å²) in [6.45, 7) is 9.42. The molecule has 0 aromatic carbocycles. The normalized spacial score (nSPS) is 19.5. The van der Waals surface area contributed by atoms with E-state index in [0.29, 0.717) is 6.04 Å². The maximum Gasteiger partial charge on any atom is 0.137 e. The molecule has 3 heterocycles. The van der Waals surface area contributed by atoms with E-state index in [1.165, 1.54) is 31.2 Å². The number of aromatic nitrogens is 3. The Morgan fingerprint density at radius 1 is 1.25 bits per heavy atom.